The molecular weight excluding hydrogens is 280 g/mol. The highest BCUT2D eigenvalue weighted by atomic mass is 16.2. The van der Waals surface area contributed by atoms with E-state index in [0.29, 0.717) is 44.9 Å². The lowest BCUT2D eigenvalue weighted by Crippen LogP contribution is -2.45. The van der Waals surface area contributed by atoms with Gasteiger partial charge in [-0.2, -0.15) is 0 Å². The zero-order chi connectivity index (χ0) is 15.8. The third-order valence-corrected chi connectivity index (χ3v) is 3.55. The number of carbonyl (C=O) groups is 2. The average molecular weight is 302 g/mol. The van der Waals surface area contributed by atoms with Gasteiger partial charge >= 0.3 is 0 Å². The summed E-state index contributed by atoms with van der Waals surface area (Å²) in [5.41, 5.74) is 6.98. The van der Waals surface area contributed by atoms with Crippen molar-refractivity contribution in [2.24, 2.45) is 10.7 Å². The minimum atomic E-state index is -0.0994. The standard InChI is InChI=1S/C16H22N4O2/c17-16(18-10-9-13-5-2-1-3-6-13)19-11-12-20-14(21)7-4-8-15(20)22/h1-3,5-6H,4,7-12H2,(H3,17,18,19). The highest BCUT2D eigenvalue weighted by Gasteiger charge is 2.24. The molecule has 0 bridgehead atoms. The van der Waals surface area contributed by atoms with E-state index in [4.69, 9.17) is 5.73 Å². The van der Waals surface area contributed by atoms with Gasteiger partial charge < -0.3 is 11.1 Å². The molecule has 0 radical (unpaired) electrons. The van der Waals surface area contributed by atoms with Crippen LogP contribution in [0.1, 0.15) is 24.8 Å². The van der Waals surface area contributed by atoms with Crippen molar-refractivity contribution >= 4 is 17.8 Å². The van der Waals surface area contributed by atoms with Gasteiger partial charge in [0.25, 0.3) is 0 Å². The Morgan fingerprint density at radius 2 is 1.86 bits per heavy atom. The van der Waals surface area contributed by atoms with Crippen molar-refractivity contribution in [3.05, 3.63) is 35.9 Å². The molecule has 6 nitrogen and oxygen atoms in total. The quantitative estimate of drug-likeness (QED) is 0.459. The zero-order valence-electron chi connectivity index (χ0n) is 12.6. The number of nitrogens with one attached hydrogen (secondary N) is 1. The number of benzene rings is 1. The third-order valence-electron chi connectivity index (χ3n) is 3.55. The smallest absolute Gasteiger partial charge is 0.229 e. The maximum Gasteiger partial charge on any atom is 0.229 e. The van der Waals surface area contributed by atoms with Gasteiger partial charge in [-0.05, 0) is 18.4 Å². The second-order valence-corrected chi connectivity index (χ2v) is 5.22. The van der Waals surface area contributed by atoms with Crippen molar-refractivity contribution in [3.63, 3.8) is 0 Å². The third kappa shape index (κ3) is 4.87. The molecule has 1 aromatic carbocycles. The van der Waals surface area contributed by atoms with Crippen molar-refractivity contribution in [1.82, 2.24) is 10.2 Å². The van der Waals surface area contributed by atoms with Crippen LogP contribution in [0.3, 0.4) is 0 Å². The van der Waals surface area contributed by atoms with E-state index in [9.17, 15) is 9.59 Å². The van der Waals surface area contributed by atoms with E-state index in [2.05, 4.69) is 10.3 Å². The van der Waals surface area contributed by atoms with Crippen LogP contribution in [0.25, 0.3) is 0 Å². The number of likely N-dealkylation sites (tertiary alicyclic amines) is 1. The molecular formula is C16H22N4O2. The fourth-order valence-corrected chi connectivity index (χ4v) is 2.35. The van der Waals surface area contributed by atoms with Crippen LogP contribution >= 0.6 is 0 Å². The first-order valence-electron chi connectivity index (χ1n) is 7.58. The minimum absolute atomic E-state index is 0.0994. The van der Waals surface area contributed by atoms with Crippen LogP contribution in [-0.4, -0.2) is 42.3 Å². The van der Waals surface area contributed by atoms with Gasteiger partial charge in [-0.15, -0.1) is 0 Å². The number of rotatable bonds is 6. The molecule has 1 heterocycles. The minimum Gasteiger partial charge on any atom is -0.370 e. The van der Waals surface area contributed by atoms with Gasteiger partial charge in [-0.3, -0.25) is 19.5 Å². The number of nitrogens with two attached hydrogens (primary N) is 1. The van der Waals surface area contributed by atoms with Gasteiger partial charge in [0.05, 0.1) is 0 Å². The molecule has 1 aliphatic heterocycles. The van der Waals surface area contributed by atoms with Crippen molar-refractivity contribution in [2.45, 2.75) is 25.7 Å². The second-order valence-electron chi connectivity index (χ2n) is 5.22. The molecule has 1 aliphatic rings. The van der Waals surface area contributed by atoms with Crippen LogP contribution in [0.5, 0.6) is 0 Å². The van der Waals surface area contributed by atoms with Gasteiger partial charge in [-0.25, -0.2) is 0 Å². The van der Waals surface area contributed by atoms with Crippen molar-refractivity contribution in [1.29, 1.82) is 0 Å². The normalized spacial score (nSPS) is 16.0. The highest BCUT2D eigenvalue weighted by molar-refractivity contribution is 5.97. The molecule has 2 amide bonds. The lowest BCUT2D eigenvalue weighted by Gasteiger charge is -2.24. The molecule has 118 valence electrons. The number of aliphatic imine (C=N–C) groups is 1. The average Bonchev–Trinajstić information content (AvgIpc) is 2.51. The lowest BCUT2D eigenvalue weighted by molar-refractivity contribution is -0.147. The van der Waals surface area contributed by atoms with Gasteiger partial charge in [0, 0.05) is 32.5 Å². The molecule has 0 unspecified atom stereocenters. The Kier molecular flexibility index (Phi) is 5.94. The van der Waals surface area contributed by atoms with E-state index in [1.165, 1.54) is 10.5 Å². The van der Waals surface area contributed by atoms with E-state index in [1.54, 1.807) is 0 Å². The molecule has 0 aromatic heterocycles. The van der Waals surface area contributed by atoms with E-state index in [0.717, 1.165) is 6.42 Å². The first-order valence-corrected chi connectivity index (χ1v) is 7.58. The molecule has 2 rings (SSSR count). The lowest BCUT2D eigenvalue weighted by atomic mass is 10.1. The fourth-order valence-electron chi connectivity index (χ4n) is 2.35. The summed E-state index contributed by atoms with van der Waals surface area (Å²) >= 11 is 0. The molecule has 3 N–H and O–H groups in total. The molecule has 1 fully saturated rings. The summed E-state index contributed by atoms with van der Waals surface area (Å²) in [6, 6.07) is 10.1. The fraction of sp³-hybridized carbons (Fsp3) is 0.438. The van der Waals surface area contributed by atoms with Gasteiger partial charge in [0.1, 0.15) is 0 Å². The first kappa shape index (κ1) is 16.0. The maximum atomic E-state index is 11.6. The van der Waals surface area contributed by atoms with Gasteiger partial charge in [0.15, 0.2) is 5.96 Å². The van der Waals surface area contributed by atoms with Crippen molar-refractivity contribution in [3.8, 4) is 0 Å². The largest absolute Gasteiger partial charge is 0.370 e. The van der Waals surface area contributed by atoms with Gasteiger partial charge in [-0.1, -0.05) is 30.3 Å². The Balaban J connectivity index is 1.68. The highest BCUT2D eigenvalue weighted by Crippen LogP contribution is 2.11. The van der Waals surface area contributed by atoms with Crippen LogP contribution in [-0.2, 0) is 16.0 Å². The molecule has 1 saturated heterocycles. The first-order chi connectivity index (χ1) is 10.7. The number of guanidine groups is 1. The number of nitrogens with zero attached hydrogens (tertiary/aromatic N) is 2. The van der Waals surface area contributed by atoms with Crippen LogP contribution in [0.15, 0.2) is 35.3 Å². The predicted octanol–water partition coefficient (Wildman–Crippen LogP) is 0.672. The number of carbonyl (C=O) groups excluding carboxylic acids is 2. The van der Waals surface area contributed by atoms with Gasteiger partial charge in [0.2, 0.25) is 11.8 Å². The molecule has 22 heavy (non-hydrogen) atoms. The van der Waals surface area contributed by atoms with Crippen LogP contribution in [0, 0.1) is 0 Å². The second kappa shape index (κ2) is 8.17. The summed E-state index contributed by atoms with van der Waals surface area (Å²) < 4.78 is 0. The van der Waals surface area contributed by atoms with E-state index >= 15 is 0 Å². The Morgan fingerprint density at radius 3 is 2.55 bits per heavy atom. The zero-order valence-corrected chi connectivity index (χ0v) is 12.6. The summed E-state index contributed by atoms with van der Waals surface area (Å²) in [4.78, 5) is 28.8. The number of imide groups is 1. The maximum absolute atomic E-state index is 11.6. The Labute approximate surface area is 130 Å². The number of amides is 2. The van der Waals surface area contributed by atoms with Crippen LogP contribution < -0.4 is 11.1 Å². The van der Waals surface area contributed by atoms with E-state index in [-0.39, 0.29) is 11.8 Å². The number of hydrogen-bond acceptors (Lipinski definition) is 3. The van der Waals surface area contributed by atoms with Crippen LogP contribution in [0.2, 0.25) is 0 Å². The van der Waals surface area contributed by atoms with E-state index < -0.39 is 0 Å². The summed E-state index contributed by atoms with van der Waals surface area (Å²) in [5, 5.41) is 2.94. The molecule has 6 heteroatoms. The number of piperidine rings is 1. The summed E-state index contributed by atoms with van der Waals surface area (Å²) in [6.07, 6.45) is 2.38. The number of hydrogen-bond donors (Lipinski definition) is 2. The van der Waals surface area contributed by atoms with Crippen molar-refractivity contribution in [2.75, 3.05) is 19.6 Å². The summed E-state index contributed by atoms with van der Waals surface area (Å²) in [6.45, 7) is 1.37. The Morgan fingerprint density at radius 1 is 1.18 bits per heavy atom. The summed E-state index contributed by atoms with van der Waals surface area (Å²) in [5.74, 6) is 0.142. The summed E-state index contributed by atoms with van der Waals surface area (Å²) in [7, 11) is 0. The monoisotopic (exact) mass is 302 g/mol. The molecule has 0 spiro atoms. The predicted molar refractivity (Wildman–Crippen MR) is 85.2 cm³/mol. The molecule has 0 saturated carbocycles. The van der Waals surface area contributed by atoms with Crippen molar-refractivity contribution < 1.29 is 9.59 Å². The van der Waals surface area contributed by atoms with Crippen LogP contribution in [0.4, 0.5) is 0 Å². The Bertz CT molecular complexity index is 526. The molecule has 0 atom stereocenters. The topological polar surface area (TPSA) is 87.8 Å². The molecule has 0 aliphatic carbocycles. The molecule has 1 aromatic rings. The van der Waals surface area contributed by atoms with E-state index in [1.807, 2.05) is 30.3 Å². The SMILES string of the molecule is NC(=NCCc1ccccc1)NCCN1C(=O)CCCC1=O. The Hall–Kier alpha value is -2.37.